The van der Waals surface area contributed by atoms with E-state index in [-0.39, 0.29) is 6.42 Å². The Labute approximate surface area is 71.5 Å². The van der Waals surface area contributed by atoms with Crippen molar-refractivity contribution in [2.45, 2.75) is 29.3 Å². The summed E-state index contributed by atoms with van der Waals surface area (Å²) in [6.07, 6.45) is 0.278. The predicted octanol–water partition coefficient (Wildman–Crippen LogP) is 1.58. The molecular formula is C5H10Br2O2. The number of halogens is 2. The van der Waals surface area contributed by atoms with Crippen LogP contribution >= 0.6 is 31.9 Å². The molecule has 0 aromatic rings. The van der Waals surface area contributed by atoms with Crippen molar-refractivity contribution in [2.75, 3.05) is 0 Å². The first-order chi connectivity index (χ1) is 3.81. The van der Waals surface area contributed by atoms with Crippen molar-refractivity contribution >= 4 is 31.9 Å². The van der Waals surface area contributed by atoms with E-state index in [0.29, 0.717) is 0 Å². The maximum absolute atomic E-state index is 9.12. The molecule has 0 rings (SSSR count). The Morgan fingerprint density at radius 3 is 1.67 bits per heavy atom. The summed E-state index contributed by atoms with van der Waals surface area (Å²) >= 11 is 6.15. The molecule has 0 aliphatic rings. The molecule has 4 heteroatoms. The first-order valence-electron chi connectivity index (χ1n) is 2.64. The number of rotatable bonds is 2. The molecule has 0 aromatic carbocycles. The second kappa shape index (κ2) is 2.86. The van der Waals surface area contributed by atoms with Crippen LogP contribution in [0.2, 0.25) is 0 Å². The monoisotopic (exact) mass is 260 g/mol. The predicted molar refractivity (Wildman–Crippen MR) is 43.7 cm³/mol. The molecule has 0 unspecified atom stereocenters. The van der Waals surface area contributed by atoms with Gasteiger partial charge in [-0.2, -0.15) is 0 Å². The Morgan fingerprint density at radius 2 is 1.67 bits per heavy atom. The minimum absolute atomic E-state index is 0.278. The van der Waals surface area contributed by atoms with Crippen LogP contribution in [0.3, 0.4) is 0 Å². The van der Waals surface area contributed by atoms with Gasteiger partial charge in [0.1, 0.15) is 3.23 Å². The molecule has 0 aromatic heterocycles. The van der Waals surface area contributed by atoms with Gasteiger partial charge in [-0.3, -0.25) is 0 Å². The summed E-state index contributed by atoms with van der Waals surface area (Å²) in [4.78, 5) is 0. The van der Waals surface area contributed by atoms with Crippen molar-refractivity contribution in [2.24, 2.45) is 0 Å². The van der Waals surface area contributed by atoms with Gasteiger partial charge in [0.05, 0.1) is 0 Å². The lowest BCUT2D eigenvalue weighted by molar-refractivity contribution is -0.163. The standard InChI is InChI=1S/C5H10Br2O2/c1-3-5(8,9)4(2,6)7/h8-9H,3H2,1-2H3. The largest absolute Gasteiger partial charge is 0.364 e. The van der Waals surface area contributed by atoms with E-state index in [1.807, 2.05) is 0 Å². The molecule has 0 aliphatic heterocycles. The average Bonchev–Trinajstić information content (AvgIpc) is 1.64. The van der Waals surface area contributed by atoms with Crippen LogP contribution in [0.4, 0.5) is 0 Å². The summed E-state index contributed by atoms with van der Waals surface area (Å²) in [6.45, 7) is 3.33. The zero-order valence-electron chi connectivity index (χ0n) is 5.36. The van der Waals surface area contributed by atoms with Crippen LogP contribution in [0.15, 0.2) is 0 Å². The average molecular weight is 262 g/mol. The highest BCUT2D eigenvalue weighted by molar-refractivity contribution is 9.25. The lowest BCUT2D eigenvalue weighted by atomic mass is 10.1. The van der Waals surface area contributed by atoms with E-state index in [0.717, 1.165) is 0 Å². The summed E-state index contributed by atoms with van der Waals surface area (Å²) in [7, 11) is 0. The van der Waals surface area contributed by atoms with E-state index < -0.39 is 9.02 Å². The molecular weight excluding hydrogens is 252 g/mol. The molecule has 0 fully saturated rings. The number of hydrogen-bond donors (Lipinski definition) is 2. The summed E-state index contributed by atoms with van der Waals surface area (Å²) in [6, 6.07) is 0. The van der Waals surface area contributed by atoms with Crippen molar-refractivity contribution < 1.29 is 10.2 Å². The smallest absolute Gasteiger partial charge is 0.187 e. The first-order valence-corrected chi connectivity index (χ1v) is 4.22. The van der Waals surface area contributed by atoms with Gasteiger partial charge >= 0.3 is 0 Å². The number of alkyl halides is 2. The van der Waals surface area contributed by atoms with Gasteiger partial charge in [-0.05, 0) is 6.92 Å². The maximum Gasteiger partial charge on any atom is 0.187 e. The molecule has 2 N–H and O–H groups in total. The van der Waals surface area contributed by atoms with Gasteiger partial charge in [-0.25, -0.2) is 0 Å². The van der Waals surface area contributed by atoms with E-state index in [4.69, 9.17) is 10.2 Å². The third kappa shape index (κ3) is 2.53. The van der Waals surface area contributed by atoms with Crippen LogP contribution in [0, 0.1) is 0 Å². The van der Waals surface area contributed by atoms with Crippen LogP contribution in [0.1, 0.15) is 20.3 Å². The lowest BCUT2D eigenvalue weighted by Crippen LogP contribution is -2.42. The van der Waals surface area contributed by atoms with Gasteiger partial charge < -0.3 is 10.2 Å². The molecule has 9 heavy (non-hydrogen) atoms. The second-order valence-corrected chi connectivity index (χ2v) is 6.29. The molecule has 0 heterocycles. The quantitative estimate of drug-likeness (QED) is 0.586. The highest BCUT2D eigenvalue weighted by atomic mass is 79.9. The molecule has 2 nitrogen and oxygen atoms in total. The Bertz CT molecular complexity index is 95.6. The van der Waals surface area contributed by atoms with Crippen molar-refractivity contribution in [1.29, 1.82) is 0 Å². The summed E-state index contributed by atoms with van der Waals surface area (Å²) in [5.41, 5.74) is 0. The molecule has 0 saturated carbocycles. The zero-order valence-corrected chi connectivity index (χ0v) is 8.53. The van der Waals surface area contributed by atoms with Gasteiger partial charge in [-0.1, -0.05) is 38.8 Å². The van der Waals surface area contributed by atoms with Crippen molar-refractivity contribution in [3.63, 3.8) is 0 Å². The minimum atomic E-state index is -1.69. The van der Waals surface area contributed by atoms with E-state index in [1.54, 1.807) is 13.8 Å². The van der Waals surface area contributed by atoms with E-state index in [1.165, 1.54) is 0 Å². The first kappa shape index (κ1) is 9.88. The van der Waals surface area contributed by atoms with Crippen LogP contribution < -0.4 is 0 Å². The fraction of sp³-hybridized carbons (Fsp3) is 1.00. The van der Waals surface area contributed by atoms with Crippen LogP contribution in [-0.4, -0.2) is 19.2 Å². The van der Waals surface area contributed by atoms with Gasteiger partial charge in [0.25, 0.3) is 0 Å². The fourth-order valence-corrected chi connectivity index (χ4v) is 0.871. The van der Waals surface area contributed by atoms with Crippen molar-refractivity contribution in [3.8, 4) is 0 Å². The fourth-order valence-electron chi connectivity index (χ4n) is 0.310. The van der Waals surface area contributed by atoms with Crippen molar-refractivity contribution in [1.82, 2.24) is 0 Å². The maximum atomic E-state index is 9.12. The van der Waals surface area contributed by atoms with E-state index >= 15 is 0 Å². The van der Waals surface area contributed by atoms with Gasteiger partial charge in [0.15, 0.2) is 5.79 Å². The van der Waals surface area contributed by atoms with E-state index in [2.05, 4.69) is 31.9 Å². The van der Waals surface area contributed by atoms with Gasteiger partial charge in [-0.15, -0.1) is 0 Å². The number of aliphatic hydroxyl groups is 2. The summed E-state index contributed by atoms with van der Waals surface area (Å²) in [5, 5.41) is 18.2. The highest BCUT2D eigenvalue weighted by Gasteiger charge is 2.39. The molecule has 56 valence electrons. The Kier molecular flexibility index (Phi) is 3.14. The highest BCUT2D eigenvalue weighted by Crippen LogP contribution is 2.37. The molecule has 0 aliphatic carbocycles. The Morgan fingerprint density at radius 1 is 1.33 bits per heavy atom. The van der Waals surface area contributed by atoms with Crippen LogP contribution in [0.5, 0.6) is 0 Å². The number of hydrogen-bond acceptors (Lipinski definition) is 2. The summed E-state index contributed by atoms with van der Waals surface area (Å²) < 4.78 is -0.818. The molecule has 0 atom stereocenters. The van der Waals surface area contributed by atoms with Gasteiger partial charge in [0, 0.05) is 6.42 Å². The molecule has 0 amide bonds. The van der Waals surface area contributed by atoms with E-state index in [9.17, 15) is 0 Å². The topological polar surface area (TPSA) is 40.5 Å². The Hall–Kier alpha value is 0.880. The molecule has 0 radical (unpaired) electrons. The minimum Gasteiger partial charge on any atom is -0.364 e. The second-order valence-electron chi connectivity index (χ2n) is 2.06. The Balaban J connectivity index is 4.14. The van der Waals surface area contributed by atoms with Crippen molar-refractivity contribution in [3.05, 3.63) is 0 Å². The third-order valence-electron chi connectivity index (χ3n) is 1.20. The van der Waals surface area contributed by atoms with Crippen LogP contribution in [0.25, 0.3) is 0 Å². The lowest BCUT2D eigenvalue weighted by Gasteiger charge is -2.30. The zero-order chi connectivity index (χ0) is 7.71. The molecule has 0 spiro atoms. The third-order valence-corrected chi connectivity index (χ3v) is 2.47. The van der Waals surface area contributed by atoms with Crippen LogP contribution in [-0.2, 0) is 0 Å². The normalized spacial score (nSPS) is 14.0. The molecule has 0 saturated heterocycles. The molecule has 0 bridgehead atoms. The SMILES string of the molecule is CCC(O)(O)C(C)(Br)Br. The van der Waals surface area contributed by atoms with Gasteiger partial charge in [0.2, 0.25) is 0 Å². The summed E-state index contributed by atoms with van der Waals surface area (Å²) in [5.74, 6) is -1.69.